The molecule has 0 spiro atoms. The molecule has 1 aromatic rings. The Kier molecular flexibility index (Phi) is 5.14. The number of carbonyl (C=O) groups is 2. The van der Waals surface area contributed by atoms with Crippen molar-refractivity contribution in [3.8, 4) is 5.75 Å². The number of urea groups is 1. The van der Waals surface area contributed by atoms with E-state index in [1.54, 1.807) is 24.1 Å². The molecule has 130 valence electrons. The van der Waals surface area contributed by atoms with Gasteiger partial charge in [-0.15, -0.1) is 0 Å². The van der Waals surface area contributed by atoms with Gasteiger partial charge in [-0.25, -0.2) is 4.79 Å². The summed E-state index contributed by atoms with van der Waals surface area (Å²) in [6.07, 6.45) is 3.13. The largest absolute Gasteiger partial charge is 0.496 e. The lowest BCUT2D eigenvalue weighted by atomic mass is 9.84. The molecule has 0 unspecified atom stereocenters. The fourth-order valence-corrected chi connectivity index (χ4v) is 3.03. The maximum Gasteiger partial charge on any atom is 0.317 e. The average molecular weight is 352 g/mol. The Labute approximate surface area is 146 Å². The standard InChI is InChI=1S/C17H22ClN3O3/c1-24-15-7-13(18)6-5-12(15)8-19-17(23)21-9-14(10-21)20-16(22)11-3-2-4-11/h5-7,11,14H,2-4,8-10H2,1H3,(H,19,23)(H,20,22). The zero-order valence-electron chi connectivity index (χ0n) is 13.7. The SMILES string of the molecule is COc1cc(Cl)ccc1CNC(=O)N1CC(NC(=O)C2CCC2)C1. The van der Waals surface area contributed by atoms with Gasteiger partial charge in [0.05, 0.1) is 13.2 Å². The van der Waals surface area contributed by atoms with Crippen molar-refractivity contribution in [3.05, 3.63) is 28.8 Å². The fourth-order valence-electron chi connectivity index (χ4n) is 2.87. The van der Waals surface area contributed by atoms with Gasteiger partial charge in [0.2, 0.25) is 5.91 Å². The van der Waals surface area contributed by atoms with Gasteiger partial charge in [0.15, 0.2) is 0 Å². The van der Waals surface area contributed by atoms with E-state index in [1.165, 1.54) is 0 Å². The minimum Gasteiger partial charge on any atom is -0.496 e. The minimum atomic E-state index is -0.138. The van der Waals surface area contributed by atoms with Crippen molar-refractivity contribution in [2.75, 3.05) is 20.2 Å². The van der Waals surface area contributed by atoms with Gasteiger partial charge < -0.3 is 20.3 Å². The van der Waals surface area contributed by atoms with Crippen LogP contribution in [-0.4, -0.2) is 43.1 Å². The third-order valence-electron chi connectivity index (χ3n) is 4.67. The van der Waals surface area contributed by atoms with Crippen LogP contribution >= 0.6 is 11.6 Å². The number of hydrogen-bond acceptors (Lipinski definition) is 3. The highest BCUT2D eigenvalue weighted by molar-refractivity contribution is 6.30. The molecular formula is C17H22ClN3O3. The number of rotatable bonds is 5. The second-order valence-electron chi connectivity index (χ2n) is 6.35. The lowest BCUT2D eigenvalue weighted by Gasteiger charge is -2.40. The molecule has 3 amide bonds. The monoisotopic (exact) mass is 351 g/mol. The van der Waals surface area contributed by atoms with E-state index in [2.05, 4.69) is 10.6 Å². The van der Waals surface area contributed by atoms with Crippen LogP contribution in [0.3, 0.4) is 0 Å². The van der Waals surface area contributed by atoms with Gasteiger partial charge in [0.25, 0.3) is 0 Å². The molecule has 1 saturated heterocycles. The van der Waals surface area contributed by atoms with E-state index >= 15 is 0 Å². The van der Waals surface area contributed by atoms with Crippen molar-refractivity contribution < 1.29 is 14.3 Å². The maximum atomic E-state index is 12.1. The third-order valence-corrected chi connectivity index (χ3v) is 4.91. The van der Waals surface area contributed by atoms with Crippen LogP contribution in [0.5, 0.6) is 5.75 Å². The molecule has 0 aromatic heterocycles. The molecule has 6 nitrogen and oxygen atoms in total. The highest BCUT2D eigenvalue weighted by atomic mass is 35.5. The first-order chi connectivity index (χ1) is 11.6. The summed E-state index contributed by atoms with van der Waals surface area (Å²) < 4.78 is 5.26. The molecule has 1 aliphatic heterocycles. The Morgan fingerprint density at radius 1 is 1.33 bits per heavy atom. The summed E-state index contributed by atoms with van der Waals surface area (Å²) in [6.45, 7) is 1.48. The number of carbonyl (C=O) groups excluding carboxylic acids is 2. The Morgan fingerprint density at radius 3 is 2.71 bits per heavy atom. The Morgan fingerprint density at radius 2 is 2.08 bits per heavy atom. The number of halogens is 1. The first-order valence-electron chi connectivity index (χ1n) is 8.22. The molecule has 3 rings (SSSR count). The summed E-state index contributed by atoms with van der Waals surface area (Å²) in [7, 11) is 1.57. The quantitative estimate of drug-likeness (QED) is 0.854. The molecule has 1 aliphatic carbocycles. The maximum absolute atomic E-state index is 12.1. The summed E-state index contributed by atoms with van der Waals surface area (Å²) in [5.74, 6) is 0.972. The number of likely N-dealkylation sites (tertiary alicyclic amines) is 1. The topological polar surface area (TPSA) is 70.7 Å². The molecule has 7 heteroatoms. The van der Waals surface area contributed by atoms with E-state index in [9.17, 15) is 9.59 Å². The van der Waals surface area contributed by atoms with Gasteiger partial charge in [-0.05, 0) is 25.0 Å². The van der Waals surface area contributed by atoms with Crippen LogP contribution in [0.4, 0.5) is 4.79 Å². The Hall–Kier alpha value is -1.95. The van der Waals surface area contributed by atoms with E-state index in [1.807, 2.05) is 6.07 Å². The van der Waals surface area contributed by atoms with Crippen LogP contribution in [-0.2, 0) is 11.3 Å². The van der Waals surface area contributed by atoms with Crippen LogP contribution in [0.1, 0.15) is 24.8 Å². The summed E-state index contributed by atoms with van der Waals surface area (Å²) in [5.41, 5.74) is 0.866. The molecule has 0 atom stereocenters. The van der Waals surface area contributed by atoms with Crippen LogP contribution in [0.2, 0.25) is 5.02 Å². The van der Waals surface area contributed by atoms with Gasteiger partial charge in [0, 0.05) is 36.1 Å². The minimum absolute atomic E-state index is 0.0777. The first-order valence-corrected chi connectivity index (χ1v) is 8.60. The zero-order valence-corrected chi connectivity index (χ0v) is 14.4. The lowest BCUT2D eigenvalue weighted by Crippen LogP contribution is -2.63. The first kappa shape index (κ1) is 16.9. The molecule has 1 heterocycles. The number of ether oxygens (including phenoxy) is 1. The van der Waals surface area contributed by atoms with Gasteiger partial charge >= 0.3 is 6.03 Å². The van der Waals surface area contributed by atoms with Crippen molar-refractivity contribution in [1.29, 1.82) is 0 Å². The number of nitrogens with zero attached hydrogens (tertiary/aromatic N) is 1. The van der Waals surface area contributed by atoms with Crippen LogP contribution in [0.15, 0.2) is 18.2 Å². The van der Waals surface area contributed by atoms with E-state index in [0.29, 0.717) is 30.4 Å². The van der Waals surface area contributed by atoms with Crippen molar-refractivity contribution in [1.82, 2.24) is 15.5 Å². The van der Waals surface area contributed by atoms with Gasteiger partial charge in [-0.3, -0.25) is 4.79 Å². The molecule has 0 radical (unpaired) electrons. The number of nitrogens with one attached hydrogen (secondary N) is 2. The summed E-state index contributed by atoms with van der Waals surface area (Å²) in [4.78, 5) is 25.7. The zero-order chi connectivity index (χ0) is 17.1. The fraction of sp³-hybridized carbons (Fsp3) is 0.529. The number of benzene rings is 1. The Balaban J connectivity index is 1.41. The van der Waals surface area contributed by atoms with E-state index < -0.39 is 0 Å². The van der Waals surface area contributed by atoms with Crippen LogP contribution < -0.4 is 15.4 Å². The molecule has 2 N–H and O–H groups in total. The smallest absolute Gasteiger partial charge is 0.317 e. The molecule has 2 fully saturated rings. The molecular weight excluding hydrogens is 330 g/mol. The van der Waals surface area contributed by atoms with E-state index in [0.717, 1.165) is 24.8 Å². The van der Waals surface area contributed by atoms with Crippen molar-refractivity contribution in [3.63, 3.8) is 0 Å². The molecule has 2 aliphatic rings. The second kappa shape index (κ2) is 7.30. The summed E-state index contributed by atoms with van der Waals surface area (Å²) in [6, 6.07) is 5.26. The predicted octanol–water partition coefficient (Wildman–Crippen LogP) is 2.16. The third kappa shape index (κ3) is 3.75. The summed E-state index contributed by atoms with van der Waals surface area (Å²) in [5, 5.41) is 6.46. The highest BCUT2D eigenvalue weighted by Gasteiger charge is 2.34. The normalized spacial score (nSPS) is 17.7. The Bertz CT molecular complexity index is 628. The highest BCUT2D eigenvalue weighted by Crippen LogP contribution is 2.27. The lowest BCUT2D eigenvalue weighted by molar-refractivity contribution is -0.129. The number of hydrogen-bond donors (Lipinski definition) is 2. The molecule has 0 bridgehead atoms. The van der Waals surface area contributed by atoms with Crippen molar-refractivity contribution in [2.24, 2.45) is 5.92 Å². The summed E-state index contributed by atoms with van der Waals surface area (Å²) >= 11 is 5.92. The van der Waals surface area contributed by atoms with Crippen LogP contribution in [0.25, 0.3) is 0 Å². The second-order valence-corrected chi connectivity index (χ2v) is 6.79. The van der Waals surface area contributed by atoms with Crippen molar-refractivity contribution >= 4 is 23.5 Å². The van der Waals surface area contributed by atoms with Gasteiger partial charge in [-0.2, -0.15) is 0 Å². The van der Waals surface area contributed by atoms with Crippen molar-refractivity contribution in [2.45, 2.75) is 31.8 Å². The van der Waals surface area contributed by atoms with E-state index in [4.69, 9.17) is 16.3 Å². The average Bonchev–Trinajstić information content (AvgIpc) is 2.47. The van der Waals surface area contributed by atoms with Gasteiger partial charge in [0.1, 0.15) is 5.75 Å². The molecule has 1 saturated carbocycles. The number of amides is 3. The predicted molar refractivity (Wildman–Crippen MR) is 91.1 cm³/mol. The van der Waals surface area contributed by atoms with Gasteiger partial charge in [-0.1, -0.05) is 24.1 Å². The molecule has 24 heavy (non-hydrogen) atoms. The van der Waals surface area contributed by atoms with E-state index in [-0.39, 0.29) is 23.9 Å². The van der Waals surface area contributed by atoms with Crippen LogP contribution in [0, 0.1) is 5.92 Å². The number of methoxy groups -OCH3 is 1. The molecule has 1 aromatic carbocycles.